The summed E-state index contributed by atoms with van der Waals surface area (Å²) in [5.74, 6) is 0.365. The second-order valence-electron chi connectivity index (χ2n) is 9.53. The smallest absolute Gasteiger partial charge is 0.274 e. The van der Waals surface area contributed by atoms with Gasteiger partial charge >= 0.3 is 0 Å². The Morgan fingerprint density at radius 1 is 1.16 bits per heavy atom. The summed E-state index contributed by atoms with van der Waals surface area (Å²) in [4.78, 5) is 45.8. The molecule has 1 fully saturated rings. The third-order valence-corrected chi connectivity index (χ3v) is 7.45. The number of hydrogen-bond donors (Lipinski definition) is 2. The first kappa shape index (κ1) is 23.2. The van der Waals surface area contributed by atoms with Gasteiger partial charge in [0.05, 0.1) is 19.1 Å². The van der Waals surface area contributed by atoms with Crippen LogP contribution >= 0.6 is 0 Å². The number of aromatic nitrogens is 3. The zero-order valence-corrected chi connectivity index (χ0v) is 20.5. The minimum Gasteiger partial charge on any atom is -0.392 e. The fourth-order valence-electron chi connectivity index (χ4n) is 5.68. The predicted octanol–water partition coefficient (Wildman–Crippen LogP) is 2.35. The number of pyridine rings is 1. The Morgan fingerprint density at radius 2 is 2.05 bits per heavy atom. The topological polar surface area (TPSA) is 125 Å². The molecule has 2 unspecified atom stereocenters. The summed E-state index contributed by atoms with van der Waals surface area (Å²) in [5, 5.41) is 13.6. The lowest BCUT2D eigenvalue weighted by Gasteiger charge is -2.39. The highest BCUT2D eigenvalue weighted by Gasteiger charge is 2.45. The normalized spacial score (nSPS) is 20.7. The van der Waals surface area contributed by atoms with Gasteiger partial charge in [0.15, 0.2) is 0 Å². The Morgan fingerprint density at radius 3 is 2.86 bits per heavy atom. The lowest BCUT2D eigenvalue weighted by molar-refractivity contribution is -0.121. The fraction of sp³-hybridized carbons (Fsp3) is 0.333. The van der Waals surface area contributed by atoms with Crippen molar-refractivity contribution in [3.05, 3.63) is 65.0 Å². The van der Waals surface area contributed by atoms with Gasteiger partial charge in [-0.25, -0.2) is 9.97 Å². The average Bonchev–Trinajstić information content (AvgIpc) is 3.40. The molecule has 0 saturated carbocycles. The highest BCUT2D eigenvalue weighted by atomic mass is 16.3. The zero-order chi connectivity index (χ0) is 25.5. The van der Waals surface area contributed by atoms with Gasteiger partial charge in [0.1, 0.15) is 17.8 Å². The maximum atomic E-state index is 13.8. The number of hydrogen-bond acceptors (Lipinski definition) is 8. The number of piperidine rings is 1. The molecule has 5 heterocycles. The molecular formula is C27H27N7O3. The molecule has 6 rings (SSSR count). The molecular weight excluding hydrogens is 470 g/mol. The predicted molar refractivity (Wildman–Crippen MR) is 142 cm³/mol. The number of fused-ring (bicyclic) bond motifs is 3. The molecule has 2 aromatic heterocycles. The van der Waals surface area contributed by atoms with Crippen LogP contribution < -0.4 is 15.8 Å². The second-order valence-corrected chi connectivity index (χ2v) is 9.53. The summed E-state index contributed by atoms with van der Waals surface area (Å²) in [6, 6.07) is 9.08. The molecule has 2 atom stereocenters. The van der Waals surface area contributed by atoms with E-state index in [-0.39, 0.29) is 29.9 Å². The fourth-order valence-corrected chi connectivity index (χ4v) is 5.68. The van der Waals surface area contributed by atoms with Crippen LogP contribution in [0, 0.1) is 11.8 Å². The maximum Gasteiger partial charge on any atom is 0.274 e. The van der Waals surface area contributed by atoms with E-state index in [2.05, 4.69) is 25.3 Å². The van der Waals surface area contributed by atoms with E-state index in [1.165, 1.54) is 10.9 Å². The Labute approximate surface area is 213 Å². The summed E-state index contributed by atoms with van der Waals surface area (Å²) >= 11 is 0. The Bertz CT molecular complexity index is 1500. The highest BCUT2D eigenvalue weighted by Crippen LogP contribution is 2.38. The number of carbonyl (C=O) groups is 1. The minimum atomic E-state index is -0.278. The molecule has 0 aliphatic carbocycles. The standard InChI is InChI=1S/C27H27N7O3/c1-33-13-16(11-21(26(33)36)32-24-6-8-28-15-31-24)17-3-2-4-23(19(17)14-35)34-10-7-20-25(27(34)37)18-5-9-29-22(18)12-30-20/h2-4,6,8,11,13,15,18,25,35H,5,7,9-10,12,14H2,1H3,(H,28,31,32). The molecule has 1 saturated heterocycles. The molecule has 2 N–H and O–H groups in total. The first-order valence-corrected chi connectivity index (χ1v) is 12.4. The molecule has 0 spiro atoms. The van der Waals surface area contributed by atoms with Crippen LogP contribution in [-0.4, -0.2) is 56.6 Å². The van der Waals surface area contributed by atoms with Crippen molar-refractivity contribution in [2.45, 2.75) is 19.4 Å². The van der Waals surface area contributed by atoms with Crippen molar-refractivity contribution in [2.75, 3.05) is 29.9 Å². The second kappa shape index (κ2) is 9.36. The van der Waals surface area contributed by atoms with Crippen molar-refractivity contribution in [1.82, 2.24) is 14.5 Å². The summed E-state index contributed by atoms with van der Waals surface area (Å²) in [6.07, 6.45) is 6.32. The molecule has 0 bridgehead atoms. The van der Waals surface area contributed by atoms with Gasteiger partial charge in [-0.3, -0.25) is 19.6 Å². The Kier molecular flexibility index (Phi) is 5.88. The molecule has 10 nitrogen and oxygen atoms in total. The number of aliphatic imine (C=N–C) groups is 2. The van der Waals surface area contributed by atoms with Crippen LogP contribution in [0.2, 0.25) is 0 Å². The van der Waals surface area contributed by atoms with Gasteiger partial charge in [0.2, 0.25) is 5.91 Å². The molecule has 1 amide bonds. The average molecular weight is 498 g/mol. The van der Waals surface area contributed by atoms with Crippen LogP contribution in [0.4, 0.5) is 17.2 Å². The maximum absolute atomic E-state index is 13.8. The van der Waals surface area contributed by atoms with Crippen molar-refractivity contribution in [3.63, 3.8) is 0 Å². The van der Waals surface area contributed by atoms with E-state index in [9.17, 15) is 14.7 Å². The monoisotopic (exact) mass is 497 g/mol. The van der Waals surface area contributed by atoms with Crippen LogP contribution in [-0.2, 0) is 18.4 Å². The van der Waals surface area contributed by atoms with E-state index in [4.69, 9.17) is 0 Å². The molecule has 3 aliphatic rings. The lowest BCUT2D eigenvalue weighted by Crippen LogP contribution is -2.52. The first-order chi connectivity index (χ1) is 18.0. The molecule has 3 aromatic rings. The van der Waals surface area contributed by atoms with Crippen LogP contribution in [0.3, 0.4) is 0 Å². The van der Waals surface area contributed by atoms with Gasteiger partial charge in [-0.2, -0.15) is 0 Å². The van der Waals surface area contributed by atoms with Gasteiger partial charge in [-0.1, -0.05) is 12.1 Å². The Hall–Kier alpha value is -4.18. The quantitative estimate of drug-likeness (QED) is 0.558. The van der Waals surface area contributed by atoms with E-state index in [1.54, 1.807) is 36.5 Å². The third kappa shape index (κ3) is 4.03. The van der Waals surface area contributed by atoms with E-state index in [0.29, 0.717) is 42.3 Å². The van der Waals surface area contributed by atoms with Crippen molar-refractivity contribution < 1.29 is 9.90 Å². The molecule has 3 aliphatic heterocycles. The van der Waals surface area contributed by atoms with Crippen molar-refractivity contribution in [2.24, 2.45) is 28.9 Å². The number of benzene rings is 1. The van der Waals surface area contributed by atoms with Crippen LogP contribution in [0.25, 0.3) is 11.1 Å². The number of aliphatic hydroxyl groups is 1. The van der Waals surface area contributed by atoms with E-state index in [1.807, 2.05) is 18.2 Å². The van der Waals surface area contributed by atoms with Gasteiger partial charge in [0.25, 0.3) is 5.56 Å². The lowest BCUT2D eigenvalue weighted by atomic mass is 9.77. The highest BCUT2D eigenvalue weighted by molar-refractivity contribution is 6.18. The summed E-state index contributed by atoms with van der Waals surface area (Å²) in [7, 11) is 1.68. The molecule has 1 aromatic carbocycles. The molecule has 188 valence electrons. The van der Waals surface area contributed by atoms with Gasteiger partial charge in [0, 0.05) is 73.1 Å². The third-order valence-electron chi connectivity index (χ3n) is 7.45. The number of carbonyl (C=O) groups excluding carboxylic acids is 1. The summed E-state index contributed by atoms with van der Waals surface area (Å²) in [6.45, 7) is 1.62. The number of nitrogens with zero attached hydrogens (tertiary/aromatic N) is 6. The van der Waals surface area contributed by atoms with E-state index in [0.717, 1.165) is 35.5 Å². The van der Waals surface area contributed by atoms with Gasteiger partial charge in [-0.05, 0) is 30.2 Å². The number of aliphatic hydroxyl groups excluding tert-OH is 1. The molecule has 37 heavy (non-hydrogen) atoms. The molecule has 0 radical (unpaired) electrons. The van der Waals surface area contributed by atoms with Crippen LogP contribution in [0.15, 0.2) is 63.8 Å². The van der Waals surface area contributed by atoms with E-state index < -0.39 is 0 Å². The first-order valence-electron chi connectivity index (χ1n) is 12.4. The largest absolute Gasteiger partial charge is 0.392 e. The summed E-state index contributed by atoms with van der Waals surface area (Å²) < 4.78 is 1.49. The van der Waals surface area contributed by atoms with Crippen molar-refractivity contribution in [3.8, 4) is 11.1 Å². The van der Waals surface area contributed by atoms with Crippen LogP contribution in [0.5, 0.6) is 0 Å². The van der Waals surface area contributed by atoms with Crippen molar-refractivity contribution in [1.29, 1.82) is 0 Å². The minimum absolute atomic E-state index is 0.0164. The zero-order valence-electron chi connectivity index (χ0n) is 20.5. The summed E-state index contributed by atoms with van der Waals surface area (Å²) in [5.41, 5.74) is 4.96. The number of rotatable bonds is 5. The van der Waals surface area contributed by atoms with Gasteiger partial charge < -0.3 is 19.9 Å². The number of amides is 1. The SMILES string of the molecule is Cn1cc(-c2cccc(N3CCC4=NCC5=NCCC5C4C3=O)c2CO)cc(Nc2ccncn2)c1=O. The number of anilines is 3. The number of nitrogens with one attached hydrogen (secondary N) is 1. The van der Waals surface area contributed by atoms with Gasteiger partial charge in [-0.15, -0.1) is 0 Å². The molecule has 10 heteroatoms. The van der Waals surface area contributed by atoms with E-state index >= 15 is 0 Å². The number of aryl methyl sites for hydroxylation is 1. The van der Waals surface area contributed by atoms with Crippen molar-refractivity contribution >= 4 is 34.5 Å². The Balaban J connectivity index is 1.39. The van der Waals surface area contributed by atoms with Crippen LogP contribution in [0.1, 0.15) is 18.4 Å².